The first-order chi connectivity index (χ1) is 24.0. The smallest absolute Gasteiger partial charge is 0.258 e. The van der Waals surface area contributed by atoms with Crippen molar-refractivity contribution in [3.8, 4) is 5.75 Å². The molecule has 4 N–H and O–H groups in total. The first kappa shape index (κ1) is 37.9. The Labute approximate surface area is 296 Å². The van der Waals surface area contributed by atoms with Crippen LogP contribution in [0.2, 0.25) is 0 Å². The molecule has 0 aliphatic carbocycles. The molecule has 0 heterocycles. The molecule has 4 rings (SSSR count). The van der Waals surface area contributed by atoms with Gasteiger partial charge in [0.2, 0.25) is 5.91 Å². The second kappa shape index (κ2) is 18.7. The molecule has 0 saturated carbocycles. The minimum Gasteiger partial charge on any atom is -0.483 e. The van der Waals surface area contributed by atoms with Gasteiger partial charge in [0.25, 0.3) is 11.8 Å². The summed E-state index contributed by atoms with van der Waals surface area (Å²) in [4.78, 5) is 40.4. The zero-order valence-electron chi connectivity index (χ0n) is 29.8. The third kappa shape index (κ3) is 11.9. The number of aliphatic hydroxyl groups is 1. The molecule has 0 spiro atoms. The van der Waals surface area contributed by atoms with Crippen LogP contribution < -0.4 is 20.7 Å². The summed E-state index contributed by atoms with van der Waals surface area (Å²) in [6, 6.07) is 30.5. The van der Waals surface area contributed by atoms with Gasteiger partial charge in [0.1, 0.15) is 11.8 Å². The Morgan fingerprint density at radius 1 is 0.700 bits per heavy atom. The highest BCUT2D eigenvalue weighted by atomic mass is 16.5. The van der Waals surface area contributed by atoms with Gasteiger partial charge < -0.3 is 25.8 Å². The second-order valence-corrected chi connectivity index (χ2v) is 13.6. The van der Waals surface area contributed by atoms with Crippen LogP contribution in [0.25, 0.3) is 0 Å². The standard InChI is InChI=1S/C42H51N3O5/c1-28(2)22-37(45-41(48)34-21-12-14-29(3)23-34)42(49)44-36(25-33-19-10-7-11-20-33)38(46)26-35(24-32-17-8-6-9-18-32)43-39(47)27-50-40-30(4)15-13-16-31(40)5/h6-21,23,28,35-38,46H,22,24-27H2,1-5H3,(H,43,47)(H,44,49)(H,45,48)/t35-,36-,37-,38-/m0/s1. The molecule has 3 amide bonds. The predicted octanol–water partition coefficient (Wildman–Crippen LogP) is 6.04. The summed E-state index contributed by atoms with van der Waals surface area (Å²) in [5.41, 5.74) is 5.25. The zero-order chi connectivity index (χ0) is 36.0. The Morgan fingerprint density at radius 3 is 1.90 bits per heavy atom. The summed E-state index contributed by atoms with van der Waals surface area (Å²) in [6.45, 7) is 9.61. The van der Waals surface area contributed by atoms with Gasteiger partial charge in [-0.25, -0.2) is 0 Å². The topological polar surface area (TPSA) is 117 Å². The van der Waals surface area contributed by atoms with Gasteiger partial charge in [-0.15, -0.1) is 0 Å². The van der Waals surface area contributed by atoms with Gasteiger partial charge in [-0.3, -0.25) is 14.4 Å². The Bertz CT molecular complexity index is 1670. The van der Waals surface area contributed by atoms with Crippen molar-refractivity contribution in [2.24, 2.45) is 5.92 Å². The number of para-hydroxylation sites is 1. The molecule has 0 aromatic heterocycles. The Morgan fingerprint density at radius 2 is 1.30 bits per heavy atom. The van der Waals surface area contributed by atoms with Crippen molar-refractivity contribution in [2.75, 3.05) is 6.61 Å². The van der Waals surface area contributed by atoms with E-state index in [1.165, 1.54) is 0 Å². The molecular formula is C42H51N3O5. The number of benzene rings is 4. The largest absolute Gasteiger partial charge is 0.483 e. The van der Waals surface area contributed by atoms with Crippen LogP contribution >= 0.6 is 0 Å². The van der Waals surface area contributed by atoms with Crippen molar-refractivity contribution >= 4 is 17.7 Å². The molecule has 8 heteroatoms. The molecular weight excluding hydrogens is 626 g/mol. The molecule has 4 aromatic carbocycles. The SMILES string of the molecule is Cc1cccc(C(=O)N[C@@H](CC(C)C)C(=O)N[C@@H](Cc2ccccc2)[C@@H](O)C[C@H](Cc2ccccc2)NC(=O)COc2c(C)cccc2C)c1. The number of rotatable bonds is 17. The minimum atomic E-state index is -1.03. The molecule has 0 radical (unpaired) electrons. The molecule has 0 saturated heterocycles. The summed E-state index contributed by atoms with van der Waals surface area (Å²) in [5, 5.41) is 20.9. The van der Waals surface area contributed by atoms with Crippen LogP contribution in [0.4, 0.5) is 0 Å². The average molecular weight is 678 g/mol. The zero-order valence-corrected chi connectivity index (χ0v) is 29.8. The number of amides is 3. The summed E-state index contributed by atoms with van der Waals surface area (Å²) >= 11 is 0. The maximum absolute atomic E-state index is 13.9. The third-order valence-electron chi connectivity index (χ3n) is 8.67. The van der Waals surface area contributed by atoms with Crippen LogP contribution in [0, 0.1) is 26.7 Å². The van der Waals surface area contributed by atoms with Crippen molar-refractivity contribution in [3.63, 3.8) is 0 Å². The van der Waals surface area contributed by atoms with E-state index in [0.29, 0.717) is 30.6 Å². The molecule has 4 aromatic rings. The van der Waals surface area contributed by atoms with Crippen LogP contribution in [-0.2, 0) is 22.4 Å². The van der Waals surface area contributed by atoms with E-state index in [0.717, 1.165) is 27.8 Å². The van der Waals surface area contributed by atoms with Crippen LogP contribution in [0.15, 0.2) is 103 Å². The molecule has 8 nitrogen and oxygen atoms in total. The number of ether oxygens (including phenoxy) is 1. The number of hydrogen-bond donors (Lipinski definition) is 4. The predicted molar refractivity (Wildman–Crippen MR) is 198 cm³/mol. The minimum absolute atomic E-state index is 0.122. The summed E-state index contributed by atoms with van der Waals surface area (Å²) in [7, 11) is 0. The third-order valence-corrected chi connectivity index (χ3v) is 8.67. The lowest BCUT2D eigenvalue weighted by Crippen LogP contribution is -2.54. The summed E-state index contributed by atoms with van der Waals surface area (Å²) in [6.07, 6.45) is 0.397. The summed E-state index contributed by atoms with van der Waals surface area (Å²) < 4.78 is 5.93. The van der Waals surface area contributed by atoms with Gasteiger partial charge in [0.05, 0.1) is 12.1 Å². The molecule has 0 aliphatic heterocycles. The van der Waals surface area contributed by atoms with Crippen LogP contribution in [0.3, 0.4) is 0 Å². The van der Waals surface area contributed by atoms with Gasteiger partial charge in [0, 0.05) is 11.6 Å². The lowest BCUT2D eigenvalue weighted by molar-refractivity contribution is -0.126. The molecule has 4 atom stereocenters. The van der Waals surface area contributed by atoms with Gasteiger partial charge in [-0.1, -0.05) is 110 Å². The van der Waals surface area contributed by atoms with Gasteiger partial charge in [-0.2, -0.15) is 0 Å². The number of carbonyl (C=O) groups excluding carboxylic acids is 3. The van der Waals surface area contributed by atoms with Crippen LogP contribution in [-0.4, -0.2) is 53.7 Å². The van der Waals surface area contributed by atoms with Gasteiger partial charge >= 0.3 is 0 Å². The van der Waals surface area contributed by atoms with Crippen LogP contribution in [0.5, 0.6) is 5.75 Å². The molecule has 0 fully saturated rings. The number of aliphatic hydroxyl groups excluding tert-OH is 1. The fraction of sp³-hybridized carbons (Fsp3) is 0.357. The molecule has 0 unspecified atom stereocenters. The van der Waals surface area contributed by atoms with Crippen molar-refractivity contribution in [2.45, 2.75) is 84.5 Å². The van der Waals surface area contributed by atoms with E-state index in [1.54, 1.807) is 12.1 Å². The van der Waals surface area contributed by atoms with E-state index in [4.69, 9.17) is 4.74 Å². The second-order valence-electron chi connectivity index (χ2n) is 13.6. The van der Waals surface area contributed by atoms with Gasteiger partial charge in [-0.05, 0) is 86.8 Å². The average Bonchev–Trinajstić information content (AvgIpc) is 3.08. The van der Waals surface area contributed by atoms with E-state index in [2.05, 4.69) is 16.0 Å². The van der Waals surface area contributed by atoms with E-state index in [9.17, 15) is 19.5 Å². The Kier molecular flexibility index (Phi) is 14.2. The van der Waals surface area contributed by atoms with Crippen molar-refractivity contribution in [3.05, 3.63) is 137 Å². The highest BCUT2D eigenvalue weighted by Gasteiger charge is 2.30. The van der Waals surface area contributed by atoms with E-state index in [1.807, 2.05) is 126 Å². The fourth-order valence-corrected chi connectivity index (χ4v) is 6.15. The lowest BCUT2D eigenvalue weighted by Gasteiger charge is -2.30. The van der Waals surface area contributed by atoms with Gasteiger partial charge in [0.15, 0.2) is 6.61 Å². The fourth-order valence-electron chi connectivity index (χ4n) is 6.15. The van der Waals surface area contributed by atoms with Crippen molar-refractivity contribution in [1.29, 1.82) is 0 Å². The molecule has 50 heavy (non-hydrogen) atoms. The maximum atomic E-state index is 13.9. The van der Waals surface area contributed by atoms with E-state index >= 15 is 0 Å². The molecule has 0 aliphatic rings. The number of aryl methyl sites for hydroxylation is 3. The highest BCUT2D eigenvalue weighted by molar-refractivity contribution is 5.97. The molecule has 264 valence electrons. The van der Waals surface area contributed by atoms with Crippen LogP contribution in [0.1, 0.15) is 64.9 Å². The highest BCUT2D eigenvalue weighted by Crippen LogP contribution is 2.22. The molecule has 0 bridgehead atoms. The Hall–Kier alpha value is -4.95. The van der Waals surface area contributed by atoms with E-state index < -0.39 is 24.2 Å². The monoisotopic (exact) mass is 677 g/mol. The quantitative estimate of drug-likeness (QED) is 0.109. The summed E-state index contributed by atoms with van der Waals surface area (Å²) in [5.74, 6) is -0.204. The number of hydrogen-bond acceptors (Lipinski definition) is 5. The first-order valence-electron chi connectivity index (χ1n) is 17.4. The Balaban J connectivity index is 1.53. The maximum Gasteiger partial charge on any atom is 0.258 e. The van der Waals surface area contributed by atoms with Crippen molar-refractivity contribution < 1.29 is 24.2 Å². The lowest BCUT2D eigenvalue weighted by atomic mass is 9.93. The van der Waals surface area contributed by atoms with Crippen molar-refractivity contribution in [1.82, 2.24) is 16.0 Å². The first-order valence-corrected chi connectivity index (χ1v) is 17.4. The normalized spacial score (nSPS) is 13.5. The number of carbonyl (C=O) groups is 3. The number of nitrogens with one attached hydrogen (secondary N) is 3. The van der Waals surface area contributed by atoms with E-state index in [-0.39, 0.29) is 36.7 Å².